The molecule has 0 unspecified atom stereocenters. The molecule has 0 radical (unpaired) electrons. The average molecular weight is 447 g/mol. The number of anilines is 6. The van der Waals surface area contributed by atoms with E-state index < -0.39 is 0 Å². The number of aryl methyl sites for hydroxylation is 1. The summed E-state index contributed by atoms with van der Waals surface area (Å²) in [6.45, 7) is 6.05. The summed E-state index contributed by atoms with van der Waals surface area (Å²) in [5.74, 6) is 2.36. The first-order valence-electron chi connectivity index (χ1n) is 10.9. The first-order valence-corrected chi connectivity index (χ1v) is 10.9. The highest BCUT2D eigenvalue weighted by Gasteiger charge is 2.18. The number of ether oxygens (including phenoxy) is 1. The van der Waals surface area contributed by atoms with Crippen LogP contribution in [0.25, 0.3) is 0 Å². The lowest BCUT2D eigenvalue weighted by Gasteiger charge is -2.34. The van der Waals surface area contributed by atoms with E-state index in [1.807, 2.05) is 19.1 Å². The molecule has 0 aliphatic carbocycles. The Morgan fingerprint density at radius 1 is 1.06 bits per heavy atom. The zero-order valence-corrected chi connectivity index (χ0v) is 18.6. The third-order valence-electron chi connectivity index (χ3n) is 5.66. The summed E-state index contributed by atoms with van der Waals surface area (Å²) >= 11 is 0. The fraction of sp³-hybridized carbons (Fsp3) is 0.304. The van der Waals surface area contributed by atoms with Crippen molar-refractivity contribution in [1.82, 2.24) is 19.9 Å². The van der Waals surface area contributed by atoms with Gasteiger partial charge in [-0.2, -0.15) is 4.98 Å². The van der Waals surface area contributed by atoms with Crippen molar-refractivity contribution in [3.05, 3.63) is 48.2 Å². The predicted octanol–water partition coefficient (Wildman–Crippen LogP) is 2.75. The Morgan fingerprint density at radius 2 is 1.91 bits per heavy atom. The molecule has 2 aromatic heterocycles. The van der Waals surface area contributed by atoms with Crippen LogP contribution in [0.5, 0.6) is 5.75 Å². The number of benzene rings is 1. The average Bonchev–Trinajstić information content (AvgIpc) is 2.82. The van der Waals surface area contributed by atoms with Gasteiger partial charge in [-0.25, -0.2) is 9.97 Å². The number of rotatable bonds is 5. The highest BCUT2D eigenvalue weighted by molar-refractivity contribution is 5.94. The van der Waals surface area contributed by atoms with Gasteiger partial charge >= 0.3 is 0 Å². The fourth-order valence-electron chi connectivity index (χ4n) is 3.76. The van der Waals surface area contributed by atoms with E-state index in [0.29, 0.717) is 29.2 Å². The van der Waals surface area contributed by atoms with Crippen LogP contribution in [0.4, 0.5) is 34.8 Å². The van der Waals surface area contributed by atoms with Crippen LogP contribution in [0.15, 0.2) is 42.6 Å². The second-order valence-corrected chi connectivity index (χ2v) is 8.20. The lowest BCUT2D eigenvalue weighted by molar-refractivity contribution is -0.118. The second kappa shape index (κ2) is 8.91. The van der Waals surface area contributed by atoms with E-state index in [-0.39, 0.29) is 12.5 Å². The summed E-state index contributed by atoms with van der Waals surface area (Å²) in [5.41, 5.74) is 2.97. The number of carbonyl (C=O) groups excluding carboxylic acids is 1. The van der Waals surface area contributed by atoms with Crippen LogP contribution >= 0.6 is 0 Å². The Balaban J connectivity index is 1.32. The second-order valence-electron chi connectivity index (χ2n) is 8.20. The number of pyridine rings is 1. The number of fused-ring (bicyclic) bond motifs is 1. The third kappa shape index (κ3) is 4.80. The molecule has 1 saturated heterocycles. The molecule has 0 spiro atoms. The Hall–Kier alpha value is -3.92. The van der Waals surface area contributed by atoms with E-state index in [0.717, 1.165) is 37.4 Å². The monoisotopic (exact) mass is 446 g/mol. The minimum Gasteiger partial charge on any atom is -0.480 e. The topological polar surface area (TPSA) is 108 Å². The van der Waals surface area contributed by atoms with E-state index in [1.54, 1.807) is 18.3 Å². The van der Waals surface area contributed by atoms with E-state index >= 15 is 0 Å². The summed E-state index contributed by atoms with van der Waals surface area (Å²) in [6.07, 6.45) is 1.76. The normalized spacial score (nSPS) is 15.9. The minimum absolute atomic E-state index is 0.00247. The molecule has 33 heavy (non-hydrogen) atoms. The van der Waals surface area contributed by atoms with E-state index in [4.69, 9.17) is 4.74 Å². The van der Waals surface area contributed by atoms with E-state index in [9.17, 15) is 4.79 Å². The third-order valence-corrected chi connectivity index (χ3v) is 5.66. The Bertz CT molecular complexity index is 1180. The van der Waals surface area contributed by atoms with Crippen molar-refractivity contribution in [2.24, 2.45) is 0 Å². The lowest BCUT2D eigenvalue weighted by Crippen LogP contribution is -2.44. The number of hydrogen-bond acceptors (Lipinski definition) is 9. The van der Waals surface area contributed by atoms with Crippen molar-refractivity contribution in [2.45, 2.75) is 6.92 Å². The highest BCUT2D eigenvalue weighted by Crippen LogP contribution is 2.29. The van der Waals surface area contributed by atoms with Crippen molar-refractivity contribution in [3.8, 4) is 5.75 Å². The molecule has 2 aliphatic heterocycles. The summed E-state index contributed by atoms with van der Waals surface area (Å²) in [6, 6.07) is 11.8. The first-order chi connectivity index (χ1) is 16.0. The van der Waals surface area contributed by atoms with Gasteiger partial charge in [-0.3, -0.25) is 4.79 Å². The summed E-state index contributed by atoms with van der Waals surface area (Å²) < 4.78 is 5.37. The van der Waals surface area contributed by atoms with Gasteiger partial charge < -0.3 is 30.5 Å². The van der Waals surface area contributed by atoms with Crippen molar-refractivity contribution in [3.63, 3.8) is 0 Å². The summed E-state index contributed by atoms with van der Waals surface area (Å²) in [7, 11) is 2.15. The minimum atomic E-state index is -0.226. The van der Waals surface area contributed by atoms with Crippen molar-refractivity contribution in [1.29, 1.82) is 0 Å². The zero-order valence-electron chi connectivity index (χ0n) is 18.6. The van der Waals surface area contributed by atoms with Gasteiger partial charge in [0.25, 0.3) is 5.91 Å². The molecule has 2 aliphatic rings. The van der Waals surface area contributed by atoms with Crippen LogP contribution in [0.2, 0.25) is 0 Å². The molecular weight excluding hydrogens is 420 g/mol. The van der Waals surface area contributed by atoms with Crippen LogP contribution in [-0.4, -0.2) is 65.6 Å². The molecule has 3 aromatic rings. The van der Waals surface area contributed by atoms with E-state index in [2.05, 4.69) is 59.9 Å². The molecule has 170 valence electrons. The summed E-state index contributed by atoms with van der Waals surface area (Å²) in [5, 5.41) is 9.23. The largest absolute Gasteiger partial charge is 0.480 e. The molecule has 1 amide bonds. The molecule has 10 heteroatoms. The van der Waals surface area contributed by atoms with Crippen LogP contribution in [-0.2, 0) is 4.79 Å². The predicted molar refractivity (Wildman–Crippen MR) is 128 cm³/mol. The number of nitrogens with zero attached hydrogens (tertiary/aromatic N) is 5. The van der Waals surface area contributed by atoms with Gasteiger partial charge in [0.05, 0.1) is 0 Å². The van der Waals surface area contributed by atoms with E-state index in [1.165, 1.54) is 5.69 Å². The van der Waals surface area contributed by atoms with Gasteiger partial charge in [0.15, 0.2) is 18.2 Å². The maximum atomic E-state index is 11.6. The number of amides is 1. The maximum Gasteiger partial charge on any atom is 0.263 e. The molecule has 1 aromatic carbocycles. The lowest BCUT2D eigenvalue weighted by atomic mass is 10.2. The fourth-order valence-corrected chi connectivity index (χ4v) is 3.76. The standard InChI is InChI=1S/C23H26N8O2/c1-15-13-24-23(25-16-4-3-5-17(12-16)31-10-8-30(2)9-11-31)29-21(15)26-19-7-6-18-22(27-19)28-20(32)14-33-18/h3-7,12-13H,8-11,14H2,1-2H3,(H3,24,25,26,27,28,29,32). The van der Waals surface area contributed by atoms with Crippen LogP contribution in [0.3, 0.4) is 0 Å². The number of piperazine rings is 1. The summed E-state index contributed by atoms with van der Waals surface area (Å²) in [4.78, 5) is 29.8. The Labute approximate surface area is 192 Å². The van der Waals surface area contributed by atoms with Gasteiger partial charge in [-0.15, -0.1) is 0 Å². The first kappa shape index (κ1) is 21.0. The number of carbonyl (C=O) groups is 1. The number of nitrogens with one attached hydrogen (secondary N) is 3. The van der Waals surface area contributed by atoms with Gasteiger partial charge in [-0.1, -0.05) is 6.07 Å². The Morgan fingerprint density at radius 3 is 2.76 bits per heavy atom. The molecular formula is C23H26N8O2. The molecule has 0 atom stereocenters. The van der Waals surface area contributed by atoms with Crippen LogP contribution < -0.4 is 25.6 Å². The van der Waals surface area contributed by atoms with Crippen molar-refractivity contribution >= 4 is 40.7 Å². The molecule has 10 nitrogen and oxygen atoms in total. The SMILES string of the molecule is Cc1cnc(Nc2cccc(N3CCN(C)CC3)c2)nc1Nc1ccc2c(n1)NC(=O)CO2. The zero-order chi connectivity index (χ0) is 22.8. The van der Waals surface area contributed by atoms with Crippen LogP contribution in [0, 0.1) is 6.92 Å². The molecule has 5 rings (SSSR count). The van der Waals surface area contributed by atoms with Gasteiger partial charge in [0.2, 0.25) is 5.95 Å². The van der Waals surface area contributed by atoms with Gasteiger partial charge in [-0.05, 0) is 44.3 Å². The molecule has 1 fully saturated rings. The van der Waals surface area contributed by atoms with Crippen molar-refractivity contribution in [2.75, 3.05) is 60.7 Å². The van der Waals surface area contributed by atoms with Crippen LogP contribution in [0.1, 0.15) is 5.56 Å². The maximum absolute atomic E-state index is 11.6. The molecule has 0 bridgehead atoms. The van der Waals surface area contributed by atoms with Gasteiger partial charge in [0.1, 0.15) is 11.6 Å². The quantitative estimate of drug-likeness (QED) is 0.545. The molecule has 4 heterocycles. The number of likely N-dealkylation sites (N-methyl/N-ethyl adjacent to an activating group) is 1. The van der Waals surface area contributed by atoms with Gasteiger partial charge in [0, 0.05) is 49.3 Å². The molecule has 0 saturated carbocycles. The highest BCUT2D eigenvalue weighted by atomic mass is 16.5. The van der Waals surface area contributed by atoms with Crippen molar-refractivity contribution < 1.29 is 9.53 Å². The smallest absolute Gasteiger partial charge is 0.263 e. The molecule has 3 N–H and O–H groups in total. The number of hydrogen-bond donors (Lipinski definition) is 3. The number of aromatic nitrogens is 3. The Kier molecular flexibility index (Phi) is 5.66.